The molecular weight excluding hydrogens is 359 g/mol. The molecule has 0 spiro atoms. The molecule has 1 aliphatic rings. The minimum absolute atomic E-state index is 0.00661. The molecule has 7 nitrogen and oxygen atoms in total. The molecule has 1 fully saturated rings. The van der Waals surface area contributed by atoms with E-state index < -0.39 is 5.82 Å². The molecule has 1 atom stereocenters. The van der Waals surface area contributed by atoms with Crippen LogP contribution in [0.2, 0.25) is 5.02 Å². The van der Waals surface area contributed by atoms with Gasteiger partial charge in [-0.25, -0.2) is 14.2 Å². The topological polar surface area (TPSA) is 87.6 Å². The average molecular weight is 377 g/mol. The molecule has 0 saturated carbocycles. The van der Waals surface area contributed by atoms with E-state index in [1.54, 1.807) is 12.3 Å². The molecule has 3 heterocycles. The number of halogens is 2. The first-order chi connectivity index (χ1) is 12.6. The summed E-state index contributed by atoms with van der Waals surface area (Å²) in [6.07, 6.45) is 2.66. The van der Waals surface area contributed by atoms with Crippen molar-refractivity contribution in [1.82, 2.24) is 24.8 Å². The van der Waals surface area contributed by atoms with E-state index in [-0.39, 0.29) is 22.8 Å². The highest BCUT2D eigenvalue weighted by Gasteiger charge is 2.16. The molecule has 1 aromatic carbocycles. The molecule has 0 radical (unpaired) electrons. The summed E-state index contributed by atoms with van der Waals surface area (Å²) >= 11 is 6.09. The number of anilines is 1. The summed E-state index contributed by atoms with van der Waals surface area (Å²) < 4.78 is 15.5. The predicted molar refractivity (Wildman–Crippen MR) is 98.1 cm³/mol. The van der Waals surface area contributed by atoms with Gasteiger partial charge in [-0.1, -0.05) is 17.7 Å². The minimum Gasteiger partial charge on any atom is -0.354 e. The first-order valence-electron chi connectivity index (χ1n) is 8.45. The molecule has 1 aliphatic heterocycles. The highest BCUT2D eigenvalue weighted by atomic mass is 35.5. The number of fused-ring (bicyclic) bond motifs is 1. The molecule has 9 heteroatoms. The molecule has 3 N–H and O–H groups in total. The van der Waals surface area contributed by atoms with E-state index in [1.807, 2.05) is 0 Å². The Morgan fingerprint density at radius 2 is 2.31 bits per heavy atom. The fraction of sp³-hybridized carbons (Fsp3) is 0.353. The third-order valence-corrected chi connectivity index (χ3v) is 4.95. The van der Waals surface area contributed by atoms with Crippen molar-refractivity contribution in [2.24, 2.45) is 5.92 Å². The highest BCUT2D eigenvalue weighted by Crippen LogP contribution is 2.21. The van der Waals surface area contributed by atoms with Crippen molar-refractivity contribution in [3.05, 3.63) is 51.3 Å². The molecular formula is C17H18ClFN6O. The maximum atomic E-state index is 14.1. The number of imidazole rings is 1. The summed E-state index contributed by atoms with van der Waals surface area (Å²) in [4.78, 5) is 23.7. The van der Waals surface area contributed by atoms with Crippen LogP contribution < -0.4 is 16.3 Å². The molecule has 136 valence electrons. The van der Waals surface area contributed by atoms with Crippen LogP contribution in [0.15, 0.2) is 29.2 Å². The number of hydrogen-bond acceptors (Lipinski definition) is 5. The summed E-state index contributed by atoms with van der Waals surface area (Å²) in [6, 6.07) is 4.44. The van der Waals surface area contributed by atoms with Crippen LogP contribution in [0.5, 0.6) is 0 Å². The SMILES string of the molecule is O=c1[nH]c2cnc(NC[C@@H]3CCNC3)nc2n1Cc1c(F)cccc1Cl. The van der Waals surface area contributed by atoms with Crippen molar-refractivity contribution in [3.8, 4) is 0 Å². The summed E-state index contributed by atoms with van der Waals surface area (Å²) in [6.45, 7) is 2.74. The maximum absolute atomic E-state index is 14.1. The van der Waals surface area contributed by atoms with Gasteiger partial charge in [0, 0.05) is 17.1 Å². The lowest BCUT2D eigenvalue weighted by Crippen LogP contribution is -2.20. The zero-order valence-electron chi connectivity index (χ0n) is 13.9. The zero-order valence-corrected chi connectivity index (χ0v) is 14.7. The van der Waals surface area contributed by atoms with Crippen LogP contribution in [0.4, 0.5) is 10.3 Å². The monoisotopic (exact) mass is 376 g/mol. The van der Waals surface area contributed by atoms with Crippen LogP contribution in [0.1, 0.15) is 12.0 Å². The summed E-state index contributed by atoms with van der Waals surface area (Å²) in [5.74, 6) is 0.511. The van der Waals surface area contributed by atoms with Gasteiger partial charge in [-0.15, -0.1) is 0 Å². The number of nitrogens with zero attached hydrogens (tertiary/aromatic N) is 3. The van der Waals surface area contributed by atoms with Crippen LogP contribution in [-0.2, 0) is 6.54 Å². The Morgan fingerprint density at radius 3 is 3.08 bits per heavy atom. The van der Waals surface area contributed by atoms with Gasteiger partial charge in [-0.2, -0.15) is 4.98 Å². The van der Waals surface area contributed by atoms with Crippen LogP contribution in [-0.4, -0.2) is 39.2 Å². The van der Waals surface area contributed by atoms with E-state index in [4.69, 9.17) is 11.6 Å². The number of nitrogens with one attached hydrogen (secondary N) is 3. The second-order valence-corrected chi connectivity index (χ2v) is 6.79. The third kappa shape index (κ3) is 3.30. The van der Waals surface area contributed by atoms with Crippen LogP contribution in [0.25, 0.3) is 11.2 Å². The van der Waals surface area contributed by atoms with E-state index in [0.717, 1.165) is 26.1 Å². The Kier molecular flexibility index (Phi) is 4.60. The van der Waals surface area contributed by atoms with Gasteiger partial charge in [0.2, 0.25) is 5.95 Å². The molecule has 3 aromatic rings. The maximum Gasteiger partial charge on any atom is 0.328 e. The van der Waals surface area contributed by atoms with Gasteiger partial charge >= 0.3 is 5.69 Å². The van der Waals surface area contributed by atoms with Crippen molar-refractivity contribution < 1.29 is 4.39 Å². The number of aromatic amines is 1. The number of hydrogen-bond donors (Lipinski definition) is 3. The predicted octanol–water partition coefficient (Wildman–Crippen LogP) is 1.98. The van der Waals surface area contributed by atoms with Crippen molar-refractivity contribution in [3.63, 3.8) is 0 Å². The lowest BCUT2D eigenvalue weighted by molar-refractivity contribution is 0.598. The number of benzene rings is 1. The number of aromatic nitrogens is 4. The zero-order chi connectivity index (χ0) is 18.1. The van der Waals surface area contributed by atoms with E-state index in [9.17, 15) is 9.18 Å². The molecule has 0 unspecified atom stereocenters. The van der Waals surface area contributed by atoms with Crippen molar-refractivity contribution in [2.75, 3.05) is 25.0 Å². The van der Waals surface area contributed by atoms with Gasteiger partial charge in [0.15, 0.2) is 5.65 Å². The van der Waals surface area contributed by atoms with Gasteiger partial charge in [-0.05, 0) is 37.6 Å². The molecule has 0 amide bonds. The van der Waals surface area contributed by atoms with Crippen molar-refractivity contribution in [2.45, 2.75) is 13.0 Å². The molecule has 26 heavy (non-hydrogen) atoms. The summed E-state index contributed by atoms with van der Waals surface area (Å²) in [5.41, 5.74) is 0.778. The second-order valence-electron chi connectivity index (χ2n) is 6.39. The number of H-pyrrole nitrogens is 1. The smallest absolute Gasteiger partial charge is 0.328 e. The Hall–Kier alpha value is -2.45. The average Bonchev–Trinajstić information content (AvgIpc) is 3.24. The molecule has 2 aromatic heterocycles. The summed E-state index contributed by atoms with van der Waals surface area (Å²) in [5, 5.41) is 6.79. The molecule has 4 rings (SSSR count). The molecule has 0 bridgehead atoms. The highest BCUT2D eigenvalue weighted by molar-refractivity contribution is 6.31. The molecule has 1 saturated heterocycles. The fourth-order valence-electron chi connectivity index (χ4n) is 3.14. The van der Waals surface area contributed by atoms with Crippen molar-refractivity contribution in [1.29, 1.82) is 0 Å². The lowest BCUT2D eigenvalue weighted by atomic mass is 10.1. The van der Waals surface area contributed by atoms with E-state index in [0.29, 0.717) is 23.0 Å². The van der Waals surface area contributed by atoms with Crippen molar-refractivity contribution >= 4 is 28.7 Å². The van der Waals surface area contributed by atoms with Crippen LogP contribution >= 0.6 is 11.6 Å². The van der Waals surface area contributed by atoms with Gasteiger partial charge in [-0.3, -0.25) is 4.57 Å². The Bertz CT molecular complexity index is 974. The normalized spacial score (nSPS) is 17.1. The van der Waals surface area contributed by atoms with Gasteiger partial charge in [0.25, 0.3) is 0 Å². The van der Waals surface area contributed by atoms with E-state index in [2.05, 4.69) is 25.6 Å². The quantitative estimate of drug-likeness (QED) is 0.633. The lowest BCUT2D eigenvalue weighted by Gasteiger charge is -2.10. The first-order valence-corrected chi connectivity index (χ1v) is 8.82. The first kappa shape index (κ1) is 17.0. The Morgan fingerprint density at radius 1 is 1.42 bits per heavy atom. The summed E-state index contributed by atoms with van der Waals surface area (Å²) in [7, 11) is 0. The fourth-order valence-corrected chi connectivity index (χ4v) is 3.37. The van der Waals surface area contributed by atoms with E-state index >= 15 is 0 Å². The van der Waals surface area contributed by atoms with Gasteiger partial charge < -0.3 is 15.6 Å². The number of rotatable bonds is 5. The minimum atomic E-state index is -0.458. The Balaban J connectivity index is 1.64. The van der Waals surface area contributed by atoms with E-state index in [1.165, 1.54) is 16.7 Å². The Labute approximate surface area is 153 Å². The third-order valence-electron chi connectivity index (χ3n) is 4.60. The standard InChI is InChI=1S/C17H18ClFN6O/c18-12-2-1-3-13(19)11(12)9-25-15-14(23-17(25)26)8-22-16(24-15)21-7-10-4-5-20-6-10/h1-3,8,10,20H,4-7,9H2,(H,23,26)(H,21,22,24)/t10-/m1/s1. The van der Waals surface area contributed by atoms with Crippen LogP contribution in [0.3, 0.4) is 0 Å². The molecule has 0 aliphatic carbocycles. The van der Waals surface area contributed by atoms with Gasteiger partial charge in [0.05, 0.1) is 12.7 Å². The van der Waals surface area contributed by atoms with Crippen LogP contribution in [0, 0.1) is 11.7 Å². The van der Waals surface area contributed by atoms with Gasteiger partial charge in [0.1, 0.15) is 11.3 Å². The second kappa shape index (κ2) is 7.05. The largest absolute Gasteiger partial charge is 0.354 e.